The molecule has 1 aromatic carbocycles. The number of nitrogens with two attached hydrogens (primary N) is 2. The van der Waals surface area contributed by atoms with Gasteiger partial charge in [-0.2, -0.15) is 0 Å². The molecule has 2 rings (SSSR count). The third kappa shape index (κ3) is 1.54. The first-order valence-corrected chi connectivity index (χ1v) is 4.66. The molecule has 0 spiro atoms. The third-order valence-corrected chi connectivity index (χ3v) is 2.34. The molecular weight excluding hydrogens is 190 g/mol. The molecule has 1 heterocycles. The highest BCUT2D eigenvalue weighted by Gasteiger charge is 2.18. The topological polar surface area (TPSA) is 73.6 Å². The van der Waals surface area contributed by atoms with Gasteiger partial charge < -0.3 is 16.2 Å². The molecule has 78 valence electrons. The SMILES string of the molecule is CN=CC1=C(N)c2cccc(N)c2OC1. The van der Waals surface area contributed by atoms with Crippen molar-refractivity contribution in [2.24, 2.45) is 10.7 Å². The van der Waals surface area contributed by atoms with Gasteiger partial charge in [0.05, 0.1) is 11.4 Å². The van der Waals surface area contributed by atoms with E-state index in [1.165, 1.54) is 0 Å². The van der Waals surface area contributed by atoms with Gasteiger partial charge in [-0.3, -0.25) is 4.99 Å². The fraction of sp³-hybridized carbons (Fsp3) is 0.182. The van der Waals surface area contributed by atoms with E-state index in [2.05, 4.69) is 4.99 Å². The van der Waals surface area contributed by atoms with Crippen molar-refractivity contribution in [3.05, 3.63) is 29.3 Å². The third-order valence-electron chi connectivity index (χ3n) is 2.34. The number of hydrogen-bond acceptors (Lipinski definition) is 4. The summed E-state index contributed by atoms with van der Waals surface area (Å²) in [4.78, 5) is 3.93. The normalized spacial score (nSPS) is 15.3. The van der Waals surface area contributed by atoms with E-state index in [4.69, 9.17) is 16.2 Å². The Kier molecular flexibility index (Phi) is 2.33. The van der Waals surface area contributed by atoms with E-state index < -0.39 is 0 Å². The van der Waals surface area contributed by atoms with E-state index in [0.717, 1.165) is 11.1 Å². The van der Waals surface area contributed by atoms with E-state index >= 15 is 0 Å². The van der Waals surface area contributed by atoms with Crippen molar-refractivity contribution in [1.82, 2.24) is 0 Å². The number of rotatable bonds is 1. The highest BCUT2D eigenvalue weighted by Crippen LogP contribution is 2.34. The largest absolute Gasteiger partial charge is 0.486 e. The summed E-state index contributed by atoms with van der Waals surface area (Å²) < 4.78 is 5.54. The van der Waals surface area contributed by atoms with Crippen LogP contribution in [-0.2, 0) is 0 Å². The minimum atomic E-state index is 0.421. The molecule has 0 amide bonds. The maximum absolute atomic E-state index is 6.00. The lowest BCUT2D eigenvalue weighted by Gasteiger charge is -2.20. The average Bonchev–Trinajstić information content (AvgIpc) is 2.23. The summed E-state index contributed by atoms with van der Waals surface area (Å²) in [6, 6.07) is 5.55. The molecule has 1 aromatic rings. The number of ether oxygens (including phenoxy) is 1. The maximum atomic E-state index is 6.00. The molecule has 0 saturated heterocycles. The Morgan fingerprint density at radius 1 is 1.40 bits per heavy atom. The summed E-state index contributed by atoms with van der Waals surface area (Å²) in [5, 5.41) is 0. The van der Waals surface area contributed by atoms with Crippen LogP contribution in [0.1, 0.15) is 5.56 Å². The molecule has 1 aliphatic heterocycles. The number of benzene rings is 1. The summed E-state index contributed by atoms with van der Waals surface area (Å²) in [5.41, 5.74) is 14.8. The van der Waals surface area contributed by atoms with Crippen LogP contribution in [0.3, 0.4) is 0 Å². The van der Waals surface area contributed by atoms with Crippen LogP contribution in [0.25, 0.3) is 5.70 Å². The molecule has 0 unspecified atom stereocenters. The highest BCUT2D eigenvalue weighted by atomic mass is 16.5. The fourth-order valence-electron chi connectivity index (χ4n) is 1.59. The van der Waals surface area contributed by atoms with Crippen LogP contribution < -0.4 is 16.2 Å². The summed E-state index contributed by atoms with van der Waals surface area (Å²) in [5.74, 6) is 0.670. The molecule has 0 atom stereocenters. The van der Waals surface area contributed by atoms with Crippen molar-refractivity contribution >= 4 is 17.6 Å². The Bertz CT molecular complexity index is 449. The molecule has 1 aliphatic rings. The summed E-state index contributed by atoms with van der Waals surface area (Å²) in [6.07, 6.45) is 1.71. The molecular formula is C11H13N3O. The first-order valence-electron chi connectivity index (χ1n) is 4.66. The van der Waals surface area contributed by atoms with Crippen molar-refractivity contribution in [1.29, 1.82) is 0 Å². The van der Waals surface area contributed by atoms with Gasteiger partial charge in [0.1, 0.15) is 6.61 Å². The van der Waals surface area contributed by atoms with Crippen LogP contribution in [0.2, 0.25) is 0 Å². The summed E-state index contributed by atoms with van der Waals surface area (Å²) in [7, 11) is 1.70. The van der Waals surface area contributed by atoms with Gasteiger partial charge in [0.2, 0.25) is 0 Å². The molecule has 0 bridgehead atoms. The predicted molar refractivity (Wildman–Crippen MR) is 61.9 cm³/mol. The molecule has 4 nitrogen and oxygen atoms in total. The summed E-state index contributed by atoms with van der Waals surface area (Å²) in [6.45, 7) is 0.421. The van der Waals surface area contributed by atoms with Crippen LogP contribution in [0.15, 0.2) is 28.8 Å². The predicted octanol–water partition coefficient (Wildman–Crippen LogP) is 1.03. The lowest BCUT2D eigenvalue weighted by Crippen LogP contribution is -2.17. The van der Waals surface area contributed by atoms with Gasteiger partial charge in [0.15, 0.2) is 5.75 Å². The van der Waals surface area contributed by atoms with Crippen LogP contribution in [0.5, 0.6) is 5.75 Å². The number of hydrogen-bond donors (Lipinski definition) is 2. The fourth-order valence-corrected chi connectivity index (χ4v) is 1.59. The molecule has 0 aromatic heterocycles. The van der Waals surface area contributed by atoms with Gasteiger partial charge in [-0.15, -0.1) is 0 Å². The minimum Gasteiger partial charge on any atom is -0.486 e. The van der Waals surface area contributed by atoms with E-state index in [9.17, 15) is 0 Å². The second kappa shape index (κ2) is 3.65. The van der Waals surface area contributed by atoms with Crippen molar-refractivity contribution in [2.75, 3.05) is 19.4 Å². The van der Waals surface area contributed by atoms with E-state index in [0.29, 0.717) is 23.7 Å². The monoisotopic (exact) mass is 203 g/mol. The second-order valence-corrected chi connectivity index (χ2v) is 3.34. The molecule has 0 radical (unpaired) electrons. The minimum absolute atomic E-state index is 0.421. The number of nitrogens with zero attached hydrogens (tertiary/aromatic N) is 1. The zero-order chi connectivity index (χ0) is 10.8. The maximum Gasteiger partial charge on any atom is 0.151 e. The van der Waals surface area contributed by atoms with Gasteiger partial charge in [-0.05, 0) is 12.1 Å². The van der Waals surface area contributed by atoms with Gasteiger partial charge >= 0.3 is 0 Å². The van der Waals surface area contributed by atoms with E-state index in [1.807, 2.05) is 12.1 Å². The standard InChI is InChI=1S/C11H13N3O/c1-14-5-7-6-15-11-8(10(7)13)3-2-4-9(11)12/h2-5H,6,12-13H2,1H3. The zero-order valence-corrected chi connectivity index (χ0v) is 8.53. The molecule has 4 N–H and O–H groups in total. The smallest absolute Gasteiger partial charge is 0.151 e. The Morgan fingerprint density at radius 3 is 2.93 bits per heavy atom. The van der Waals surface area contributed by atoms with Crippen molar-refractivity contribution in [3.8, 4) is 5.75 Å². The quantitative estimate of drug-likeness (QED) is 0.529. The van der Waals surface area contributed by atoms with Gasteiger partial charge in [-0.1, -0.05) is 6.07 Å². The summed E-state index contributed by atoms with van der Waals surface area (Å²) >= 11 is 0. The number of anilines is 1. The Morgan fingerprint density at radius 2 is 2.20 bits per heavy atom. The first kappa shape index (κ1) is 9.58. The number of para-hydroxylation sites is 1. The molecule has 0 fully saturated rings. The Labute approximate surface area is 88.2 Å². The number of nitrogen functional groups attached to an aromatic ring is 1. The number of fused-ring (bicyclic) bond motifs is 1. The van der Waals surface area contributed by atoms with E-state index in [1.54, 1.807) is 19.3 Å². The van der Waals surface area contributed by atoms with Crippen LogP contribution in [0, 0.1) is 0 Å². The average molecular weight is 203 g/mol. The molecule has 0 saturated carbocycles. The van der Waals surface area contributed by atoms with Gasteiger partial charge in [-0.25, -0.2) is 0 Å². The molecule has 0 aliphatic carbocycles. The highest BCUT2D eigenvalue weighted by molar-refractivity contribution is 5.93. The lowest BCUT2D eigenvalue weighted by molar-refractivity contribution is 0.354. The molecule has 15 heavy (non-hydrogen) atoms. The van der Waals surface area contributed by atoms with Gasteiger partial charge in [0.25, 0.3) is 0 Å². The van der Waals surface area contributed by atoms with Crippen LogP contribution >= 0.6 is 0 Å². The molecule has 4 heteroatoms. The number of aliphatic imine (C=N–C) groups is 1. The van der Waals surface area contributed by atoms with Crippen molar-refractivity contribution in [2.45, 2.75) is 0 Å². The van der Waals surface area contributed by atoms with E-state index in [-0.39, 0.29) is 0 Å². The van der Waals surface area contributed by atoms with Crippen molar-refractivity contribution in [3.63, 3.8) is 0 Å². The van der Waals surface area contributed by atoms with Crippen LogP contribution in [-0.4, -0.2) is 19.9 Å². The zero-order valence-electron chi connectivity index (χ0n) is 8.53. The lowest BCUT2D eigenvalue weighted by atomic mass is 10.0. The van der Waals surface area contributed by atoms with Crippen molar-refractivity contribution < 1.29 is 4.74 Å². The van der Waals surface area contributed by atoms with Gasteiger partial charge in [0, 0.05) is 24.4 Å². The Balaban J connectivity index is 2.56. The van der Waals surface area contributed by atoms with Crippen LogP contribution in [0.4, 0.5) is 5.69 Å². The Hall–Kier alpha value is -1.97. The first-order chi connectivity index (χ1) is 7.24. The second-order valence-electron chi connectivity index (χ2n) is 3.34.